The van der Waals surface area contributed by atoms with Gasteiger partial charge in [0.05, 0.1) is 6.42 Å². The van der Waals surface area contributed by atoms with E-state index >= 15 is 0 Å². The van der Waals surface area contributed by atoms with E-state index in [9.17, 15) is 9.18 Å². The number of carbonyl (C=O) groups excluding carboxylic acids is 1. The van der Waals surface area contributed by atoms with Gasteiger partial charge in [-0.05, 0) is 56.0 Å². The van der Waals surface area contributed by atoms with E-state index in [0.717, 1.165) is 37.5 Å². The van der Waals surface area contributed by atoms with Crippen molar-refractivity contribution in [3.8, 4) is 0 Å². The van der Waals surface area contributed by atoms with E-state index in [1.54, 1.807) is 17.0 Å². The molecule has 4 heteroatoms. The second kappa shape index (κ2) is 7.39. The second-order valence-electron chi connectivity index (χ2n) is 5.60. The fraction of sp³-hybridized carbons (Fsp3) is 0.562. The molecule has 0 spiro atoms. The van der Waals surface area contributed by atoms with E-state index in [0.29, 0.717) is 6.42 Å². The first kappa shape index (κ1) is 15.0. The normalized spacial score (nSPS) is 16.1. The van der Waals surface area contributed by atoms with Crippen molar-refractivity contribution in [3.05, 3.63) is 35.6 Å². The summed E-state index contributed by atoms with van der Waals surface area (Å²) >= 11 is 0. The predicted octanol–water partition coefficient (Wildman–Crippen LogP) is 2.22. The highest BCUT2D eigenvalue weighted by molar-refractivity contribution is 5.78. The lowest BCUT2D eigenvalue weighted by atomic mass is 9.94. The van der Waals surface area contributed by atoms with E-state index < -0.39 is 0 Å². The molecule has 3 nitrogen and oxygen atoms in total. The summed E-state index contributed by atoms with van der Waals surface area (Å²) in [5.41, 5.74) is 0.866. The van der Waals surface area contributed by atoms with Crippen LogP contribution in [0.2, 0.25) is 0 Å². The van der Waals surface area contributed by atoms with Gasteiger partial charge in [0.25, 0.3) is 0 Å². The number of piperidine rings is 1. The molecule has 1 N–H and O–H groups in total. The number of amides is 1. The van der Waals surface area contributed by atoms with Crippen molar-refractivity contribution < 1.29 is 9.18 Å². The standard InChI is InChI=1S/C16H23FN2O/c1-19(11-8-13-6-9-18-10-7-13)16(20)12-14-2-4-15(17)5-3-14/h2-5,13,18H,6-12H2,1H3. The van der Waals surface area contributed by atoms with Gasteiger partial charge in [-0.3, -0.25) is 4.79 Å². The number of nitrogens with zero attached hydrogens (tertiary/aromatic N) is 1. The van der Waals surface area contributed by atoms with Gasteiger partial charge >= 0.3 is 0 Å². The molecule has 2 rings (SSSR count). The molecule has 0 bridgehead atoms. The van der Waals surface area contributed by atoms with Gasteiger partial charge in [-0.2, -0.15) is 0 Å². The molecule has 1 aliphatic rings. The number of likely N-dealkylation sites (N-methyl/N-ethyl adjacent to an activating group) is 1. The molecule has 0 unspecified atom stereocenters. The minimum Gasteiger partial charge on any atom is -0.345 e. The summed E-state index contributed by atoms with van der Waals surface area (Å²) in [5.74, 6) is 0.573. The molecule has 0 atom stereocenters. The first-order chi connectivity index (χ1) is 9.65. The van der Waals surface area contributed by atoms with Crippen molar-refractivity contribution in [2.45, 2.75) is 25.7 Å². The third kappa shape index (κ3) is 4.60. The highest BCUT2D eigenvalue weighted by Crippen LogP contribution is 2.16. The van der Waals surface area contributed by atoms with E-state index in [4.69, 9.17) is 0 Å². The number of hydrogen-bond acceptors (Lipinski definition) is 2. The molecule has 1 fully saturated rings. The molecular formula is C16H23FN2O. The topological polar surface area (TPSA) is 32.3 Å². The number of hydrogen-bond donors (Lipinski definition) is 1. The fourth-order valence-electron chi connectivity index (χ4n) is 2.58. The zero-order chi connectivity index (χ0) is 14.4. The molecule has 20 heavy (non-hydrogen) atoms. The van der Waals surface area contributed by atoms with Crippen molar-refractivity contribution in [2.24, 2.45) is 5.92 Å². The van der Waals surface area contributed by atoms with Crippen LogP contribution in [-0.4, -0.2) is 37.5 Å². The van der Waals surface area contributed by atoms with Gasteiger partial charge in [0.1, 0.15) is 5.82 Å². The SMILES string of the molecule is CN(CCC1CCNCC1)C(=O)Cc1ccc(F)cc1. The Morgan fingerprint density at radius 1 is 1.30 bits per heavy atom. The largest absolute Gasteiger partial charge is 0.345 e. The quantitative estimate of drug-likeness (QED) is 0.895. The molecule has 0 radical (unpaired) electrons. The van der Waals surface area contributed by atoms with Crippen LogP contribution in [0.4, 0.5) is 4.39 Å². The third-order valence-corrected chi connectivity index (χ3v) is 4.03. The predicted molar refractivity (Wildman–Crippen MR) is 78.0 cm³/mol. The zero-order valence-electron chi connectivity index (χ0n) is 12.1. The van der Waals surface area contributed by atoms with Crippen LogP contribution in [0.3, 0.4) is 0 Å². The van der Waals surface area contributed by atoms with Crippen molar-refractivity contribution in [1.82, 2.24) is 10.2 Å². The summed E-state index contributed by atoms with van der Waals surface area (Å²) in [4.78, 5) is 13.9. The van der Waals surface area contributed by atoms with Crippen LogP contribution >= 0.6 is 0 Å². The van der Waals surface area contributed by atoms with E-state index in [-0.39, 0.29) is 11.7 Å². The molecule has 1 amide bonds. The number of nitrogens with one attached hydrogen (secondary N) is 1. The molecule has 0 aromatic heterocycles. The molecule has 1 saturated heterocycles. The van der Waals surface area contributed by atoms with Gasteiger partial charge in [0.2, 0.25) is 5.91 Å². The lowest BCUT2D eigenvalue weighted by molar-refractivity contribution is -0.129. The van der Waals surface area contributed by atoms with Crippen molar-refractivity contribution in [2.75, 3.05) is 26.7 Å². The maximum atomic E-state index is 12.8. The number of halogens is 1. The Labute approximate surface area is 120 Å². The number of benzene rings is 1. The van der Waals surface area contributed by atoms with Crippen LogP contribution in [0, 0.1) is 11.7 Å². The lowest BCUT2D eigenvalue weighted by Crippen LogP contribution is -2.33. The van der Waals surface area contributed by atoms with E-state index in [1.807, 2.05) is 7.05 Å². The number of carbonyl (C=O) groups is 1. The zero-order valence-corrected chi connectivity index (χ0v) is 12.1. The van der Waals surface area contributed by atoms with Gasteiger partial charge in [0.15, 0.2) is 0 Å². The molecule has 1 aromatic rings. The van der Waals surface area contributed by atoms with Crippen LogP contribution in [0.25, 0.3) is 0 Å². The van der Waals surface area contributed by atoms with Gasteiger partial charge in [-0.25, -0.2) is 4.39 Å². The third-order valence-electron chi connectivity index (χ3n) is 4.03. The lowest BCUT2D eigenvalue weighted by Gasteiger charge is -2.25. The smallest absolute Gasteiger partial charge is 0.226 e. The maximum Gasteiger partial charge on any atom is 0.226 e. The Bertz CT molecular complexity index is 427. The van der Waals surface area contributed by atoms with Crippen LogP contribution in [-0.2, 0) is 11.2 Å². The van der Waals surface area contributed by atoms with Crippen molar-refractivity contribution in [1.29, 1.82) is 0 Å². The summed E-state index contributed by atoms with van der Waals surface area (Å²) in [6.07, 6.45) is 3.84. The molecule has 1 heterocycles. The molecule has 0 aliphatic carbocycles. The Morgan fingerprint density at radius 2 is 1.95 bits per heavy atom. The van der Waals surface area contributed by atoms with Crippen LogP contribution < -0.4 is 5.32 Å². The van der Waals surface area contributed by atoms with Gasteiger partial charge < -0.3 is 10.2 Å². The molecule has 1 aromatic carbocycles. The summed E-state index contributed by atoms with van der Waals surface area (Å²) in [6, 6.07) is 6.15. The summed E-state index contributed by atoms with van der Waals surface area (Å²) < 4.78 is 12.8. The maximum absolute atomic E-state index is 12.8. The highest BCUT2D eigenvalue weighted by Gasteiger charge is 2.15. The van der Waals surface area contributed by atoms with Crippen LogP contribution in [0.1, 0.15) is 24.8 Å². The van der Waals surface area contributed by atoms with Crippen LogP contribution in [0.15, 0.2) is 24.3 Å². The van der Waals surface area contributed by atoms with E-state index in [2.05, 4.69) is 5.32 Å². The minimum atomic E-state index is -0.263. The summed E-state index contributed by atoms with van der Waals surface area (Å²) in [7, 11) is 1.85. The summed E-state index contributed by atoms with van der Waals surface area (Å²) in [5, 5.41) is 3.35. The minimum absolute atomic E-state index is 0.102. The number of rotatable bonds is 5. The Balaban J connectivity index is 1.75. The second-order valence-corrected chi connectivity index (χ2v) is 5.60. The Hall–Kier alpha value is -1.42. The Morgan fingerprint density at radius 3 is 2.60 bits per heavy atom. The van der Waals surface area contributed by atoms with Crippen molar-refractivity contribution in [3.63, 3.8) is 0 Å². The Kier molecular flexibility index (Phi) is 5.53. The molecular weight excluding hydrogens is 255 g/mol. The molecule has 110 valence electrons. The summed E-state index contributed by atoms with van der Waals surface area (Å²) in [6.45, 7) is 3.00. The first-order valence-electron chi connectivity index (χ1n) is 7.34. The monoisotopic (exact) mass is 278 g/mol. The van der Waals surface area contributed by atoms with E-state index in [1.165, 1.54) is 25.0 Å². The average molecular weight is 278 g/mol. The average Bonchev–Trinajstić information content (AvgIpc) is 2.48. The van der Waals surface area contributed by atoms with Gasteiger partial charge in [0, 0.05) is 13.6 Å². The van der Waals surface area contributed by atoms with Gasteiger partial charge in [-0.15, -0.1) is 0 Å². The van der Waals surface area contributed by atoms with Crippen molar-refractivity contribution >= 4 is 5.91 Å². The molecule has 0 saturated carbocycles. The highest BCUT2D eigenvalue weighted by atomic mass is 19.1. The van der Waals surface area contributed by atoms with Crippen LogP contribution in [0.5, 0.6) is 0 Å². The fourth-order valence-corrected chi connectivity index (χ4v) is 2.58. The first-order valence-corrected chi connectivity index (χ1v) is 7.34. The van der Waals surface area contributed by atoms with Gasteiger partial charge in [-0.1, -0.05) is 12.1 Å². The molecule has 1 aliphatic heterocycles.